The van der Waals surface area contributed by atoms with Gasteiger partial charge < -0.3 is 32.9 Å². The number of carboxylic acids is 1. The van der Waals surface area contributed by atoms with Crippen molar-refractivity contribution < 1.29 is 23.7 Å². The molecule has 1 aromatic heterocycles. The number of aryl methyl sites for hydroxylation is 2. The van der Waals surface area contributed by atoms with Crippen LogP contribution in [0.3, 0.4) is 0 Å². The number of hydrogen-bond acceptors (Lipinski definition) is 9. The molecule has 0 radical (unpaired) electrons. The van der Waals surface area contributed by atoms with Gasteiger partial charge in [0.25, 0.3) is 0 Å². The van der Waals surface area contributed by atoms with E-state index in [0.717, 1.165) is 12.8 Å². The van der Waals surface area contributed by atoms with Gasteiger partial charge in [-0.2, -0.15) is 15.0 Å². The van der Waals surface area contributed by atoms with Gasteiger partial charge >= 0.3 is 5.97 Å². The van der Waals surface area contributed by atoms with Gasteiger partial charge in [-0.25, -0.2) is 4.39 Å². The number of hydrogen-bond donors (Lipinski definition) is 6. The largest absolute Gasteiger partial charge is 0.480 e. The number of fused-ring (bicyclic) bond motifs is 1. The van der Waals surface area contributed by atoms with Crippen LogP contribution in [0, 0.1) is 6.92 Å². The second kappa shape index (κ2) is 12.0. The highest BCUT2D eigenvalue weighted by molar-refractivity contribution is 7.57. The summed E-state index contributed by atoms with van der Waals surface area (Å²) in [7, 11) is -3.10. The molecule has 0 saturated carbocycles. The van der Waals surface area contributed by atoms with Crippen molar-refractivity contribution in [2.75, 3.05) is 23.9 Å². The smallest absolute Gasteiger partial charge is 0.320 e. The Morgan fingerprint density at radius 3 is 2.61 bits per heavy atom. The number of aromatic nitrogens is 3. The number of alkyl halides is 1. The lowest BCUT2D eigenvalue weighted by atomic mass is 10.1. The molecule has 1 aliphatic carbocycles. The van der Waals surface area contributed by atoms with E-state index in [1.54, 1.807) is 0 Å². The Hall–Kier alpha value is -2.66. The second-order valence-electron chi connectivity index (χ2n) is 7.94. The van der Waals surface area contributed by atoms with E-state index in [4.69, 9.17) is 21.5 Å². The third-order valence-electron chi connectivity index (χ3n) is 4.88. The number of benzene rings is 1. The fraction of sp³-hybridized carbons (Fsp3) is 0.500. The second-order valence-corrected chi connectivity index (χ2v) is 10.5. The first-order chi connectivity index (χ1) is 14.9. The predicted molar refractivity (Wildman–Crippen MR) is 125 cm³/mol. The zero-order chi connectivity index (χ0) is 24.1. The summed E-state index contributed by atoms with van der Waals surface area (Å²) in [5.41, 5.74) is 14.5. The Balaban J connectivity index is 0.000000391. The fourth-order valence-corrected chi connectivity index (χ4v) is 3.94. The molecule has 10 N–H and O–H groups in total. The SMILES string of the molecule is CP(=O)(O)CCC(N)C(=O)O.Cc1ccc2c(c1)[C@H](Nc1nc(N)nc([C@@H](C)F)n1)CC2.N. The Kier molecular flexibility index (Phi) is 10.3. The molecular weight excluding hydrogens is 452 g/mol. The molecule has 33 heavy (non-hydrogen) atoms. The van der Waals surface area contributed by atoms with Gasteiger partial charge in [0.2, 0.25) is 11.9 Å². The Labute approximate surface area is 192 Å². The first-order valence-electron chi connectivity index (χ1n) is 10.1. The van der Waals surface area contributed by atoms with Gasteiger partial charge in [0.1, 0.15) is 6.04 Å². The number of nitrogen functional groups attached to an aromatic ring is 1. The van der Waals surface area contributed by atoms with Crippen molar-refractivity contribution in [1.82, 2.24) is 21.1 Å². The maximum absolute atomic E-state index is 13.4. The maximum Gasteiger partial charge on any atom is 0.320 e. The third-order valence-corrected chi connectivity index (χ3v) is 5.97. The minimum Gasteiger partial charge on any atom is -0.480 e. The number of carboxylic acid groups (broad SMARTS) is 1. The van der Waals surface area contributed by atoms with Crippen molar-refractivity contribution in [3.8, 4) is 0 Å². The van der Waals surface area contributed by atoms with Crippen LogP contribution < -0.4 is 22.9 Å². The van der Waals surface area contributed by atoms with Crippen molar-refractivity contribution in [3.63, 3.8) is 0 Å². The average Bonchev–Trinajstić information content (AvgIpc) is 3.07. The van der Waals surface area contributed by atoms with E-state index < -0.39 is 25.6 Å². The molecule has 1 aromatic carbocycles. The normalized spacial score (nSPS) is 17.9. The van der Waals surface area contributed by atoms with Crippen molar-refractivity contribution in [2.45, 2.75) is 51.4 Å². The van der Waals surface area contributed by atoms with Gasteiger partial charge in [0, 0.05) is 12.8 Å². The van der Waals surface area contributed by atoms with Crippen LogP contribution in [0.25, 0.3) is 0 Å². The molecule has 0 amide bonds. The molecule has 0 bridgehead atoms. The molecule has 3 rings (SSSR count). The zero-order valence-corrected chi connectivity index (χ0v) is 19.9. The lowest BCUT2D eigenvalue weighted by molar-refractivity contribution is -0.138. The minimum absolute atomic E-state index is 0. The van der Waals surface area contributed by atoms with E-state index in [1.807, 2.05) is 0 Å². The summed E-state index contributed by atoms with van der Waals surface area (Å²) >= 11 is 0. The number of nitrogens with one attached hydrogen (secondary N) is 1. The van der Waals surface area contributed by atoms with Crippen LogP contribution in [0.4, 0.5) is 16.3 Å². The molecule has 0 aliphatic heterocycles. The van der Waals surface area contributed by atoms with Gasteiger partial charge in [0.15, 0.2) is 19.4 Å². The minimum atomic E-state index is -3.10. The van der Waals surface area contributed by atoms with E-state index >= 15 is 0 Å². The number of halogens is 1. The number of anilines is 2. The van der Waals surface area contributed by atoms with Crippen LogP contribution in [-0.2, 0) is 15.8 Å². The van der Waals surface area contributed by atoms with Crippen LogP contribution in [0.15, 0.2) is 18.2 Å². The lowest BCUT2D eigenvalue weighted by Gasteiger charge is -2.15. The van der Waals surface area contributed by atoms with Crippen LogP contribution in [-0.4, -0.2) is 49.8 Å². The summed E-state index contributed by atoms with van der Waals surface area (Å²) in [4.78, 5) is 30.8. The number of rotatable bonds is 7. The van der Waals surface area contributed by atoms with Gasteiger partial charge in [-0.15, -0.1) is 0 Å². The summed E-state index contributed by atoms with van der Waals surface area (Å²) in [6.45, 7) is 4.63. The molecule has 184 valence electrons. The maximum atomic E-state index is 13.4. The topological polar surface area (TPSA) is 212 Å². The average molecular weight is 486 g/mol. The van der Waals surface area contributed by atoms with Crippen LogP contribution >= 0.6 is 7.37 Å². The van der Waals surface area contributed by atoms with Crippen molar-refractivity contribution in [2.24, 2.45) is 5.73 Å². The van der Waals surface area contributed by atoms with Crippen LogP contribution in [0.1, 0.15) is 54.5 Å². The summed E-state index contributed by atoms with van der Waals surface area (Å²) in [5.74, 6) is -0.707. The van der Waals surface area contributed by atoms with E-state index in [-0.39, 0.29) is 36.5 Å². The summed E-state index contributed by atoms with van der Waals surface area (Å²) in [6, 6.07) is 5.54. The third kappa shape index (κ3) is 9.01. The monoisotopic (exact) mass is 485 g/mol. The number of carbonyl (C=O) groups is 1. The summed E-state index contributed by atoms with van der Waals surface area (Å²) in [6.07, 6.45) is 0.708. The number of nitrogens with two attached hydrogens (primary N) is 2. The van der Waals surface area contributed by atoms with E-state index in [9.17, 15) is 13.8 Å². The molecule has 13 heteroatoms. The van der Waals surface area contributed by atoms with Gasteiger partial charge in [-0.1, -0.05) is 23.8 Å². The molecular formula is C20H33FN7O4P. The van der Waals surface area contributed by atoms with Crippen molar-refractivity contribution in [3.05, 3.63) is 40.7 Å². The molecule has 0 fully saturated rings. The predicted octanol–water partition coefficient (Wildman–Crippen LogP) is 2.74. The highest BCUT2D eigenvalue weighted by atomic mass is 31.2. The van der Waals surface area contributed by atoms with Crippen molar-refractivity contribution in [1.29, 1.82) is 0 Å². The fourth-order valence-electron chi connectivity index (χ4n) is 3.18. The Bertz CT molecular complexity index is 1000. The molecule has 4 atom stereocenters. The standard InChI is InChI=1S/C15H18FN5.C5H12NO4P.H3N/c1-8-3-4-10-5-6-12(11(10)7-8)18-15-20-13(9(2)16)19-14(17)21-15;1-11(9,10)3-2-4(6)5(7)8;/h3-4,7,9,12H,5-6H2,1-2H3,(H3,17,18,19,20,21);4H,2-3,6H2,1H3,(H,7,8)(H,9,10);1H3/t9-,12-;;/m1../s1. The van der Waals surface area contributed by atoms with Gasteiger partial charge in [-0.05, 0) is 44.2 Å². The van der Waals surface area contributed by atoms with Crippen LogP contribution in [0.2, 0.25) is 0 Å². The highest BCUT2D eigenvalue weighted by Crippen LogP contribution is 2.36. The quantitative estimate of drug-likeness (QED) is 0.314. The van der Waals surface area contributed by atoms with Gasteiger partial charge in [0.05, 0.1) is 6.04 Å². The summed E-state index contributed by atoms with van der Waals surface area (Å²) in [5, 5.41) is 11.5. The van der Waals surface area contributed by atoms with E-state index in [1.165, 1.54) is 30.3 Å². The molecule has 11 nitrogen and oxygen atoms in total. The zero-order valence-electron chi connectivity index (χ0n) is 19.0. The Morgan fingerprint density at radius 2 is 2.03 bits per heavy atom. The first kappa shape index (κ1) is 28.4. The molecule has 2 unspecified atom stereocenters. The lowest BCUT2D eigenvalue weighted by Crippen LogP contribution is -2.30. The summed E-state index contributed by atoms with van der Waals surface area (Å²) < 4.78 is 24.0. The Morgan fingerprint density at radius 1 is 1.36 bits per heavy atom. The first-order valence-corrected chi connectivity index (χ1v) is 12.4. The number of aliphatic carboxylic acids is 1. The van der Waals surface area contributed by atoms with Crippen molar-refractivity contribution >= 4 is 25.2 Å². The van der Waals surface area contributed by atoms with Gasteiger partial charge in [-0.3, -0.25) is 9.36 Å². The van der Waals surface area contributed by atoms with E-state index in [2.05, 4.69) is 45.4 Å². The number of nitrogens with zero attached hydrogens (tertiary/aromatic N) is 3. The molecule has 2 aromatic rings. The van der Waals surface area contributed by atoms with Crippen LogP contribution in [0.5, 0.6) is 0 Å². The molecule has 0 spiro atoms. The molecule has 0 saturated heterocycles. The molecule has 1 heterocycles. The van der Waals surface area contributed by atoms with E-state index in [0.29, 0.717) is 5.95 Å². The highest BCUT2D eigenvalue weighted by Gasteiger charge is 2.23. The molecule has 1 aliphatic rings.